The molecule has 1 unspecified atom stereocenters. The fraction of sp³-hybridized carbons (Fsp3) is 0.615. The van der Waals surface area contributed by atoms with Crippen LogP contribution >= 0.6 is 0 Å². The Morgan fingerprint density at radius 3 is 3.00 bits per heavy atom. The maximum absolute atomic E-state index is 10.8. The quantitative estimate of drug-likeness (QED) is 0.665. The Balaban J connectivity index is 2.24. The largest absolute Gasteiger partial charge is 0.396 e. The van der Waals surface area contributed by atoms with Crippen LogP contribution < -0.4 is 4.90 Å². The van der Waals surface area contributed by atoms with Crippen LogP contribution in [0.2, 0.25) is 0 Å². The Morgan fingerprint density at radius 1 is 1.58 bits per heavy atom. The van der Waals surface area contributed by atoms with Gasteiger partial charge in [-0.1, -0.05) is 0 Å². The zero-order chi connectivity index (χ0) is 13.8. The molecule has 0 saturated carbocycles. The van der Waals surface area contributed by atoms with E-state index < -0.39 is 4.92 Å². The summed E-state index contributed by atoms with van der Waals surface area (Å²) in [4.78, 5) is 16.8. The lowest BCUT2D eigenvalue weighted by Crippen LogP contribution is -2.40. The van der Waals surface area contributed by atoms with Crippen LogP contribution in [-0.4, -0.2) is 34.2 Å². The van der Waals surface area contributed by atoms with Crippen molar-refractivity contribution in [2.45, 2.75) is 38.6 Å². The number of aromatic nitrogens is 1. The van der Waals surface area contributed by atoms with Crippen LogP contribution in [0, 0.1) is 17.0 Å². The Labute approximate surface area is 112 Å². The average Bonchev–Trinajstić information content (AvgIpc) is 2.39. The first-order chi connectivity index (χ1) is 9.13. The SMILES string of the molecule is Cc1cc(N2CCCCC2CCO)ncc1[N+](=O)[O-]. The molecule has 0 radical (unpaired) electrons. The Kier molecular flexibility index (Phi) is 4.31. The molecule has 1 atom stereocenters. The molecule has 2 heterocycles. The summed E-state index contributed by atoms with van der Waals surface area (Å²) in [6.45, 7) is 2.79. The topological polar surface area (TPSA) is 79.5 Å². The molecule has 2 rings (SSSR count). The summed E-state index contributed by atoms with van der Waals surface area (Å²) < 4.78 is 0. The van der Waals surface area contributed by atoms with Crippen LogP contribution in [0.3, 0.4) is 0 Å². The summed E-state index contributed by atoms with van der Waals surface area (Å²) in [5.74, 6) is 0.779. The van der Waals surface area contributed by atoms with Gasteiger partial charge in [0, 0.05) is 24.8 Å². The van der Waals surface area contributed by atoms with Crippen molar-refractivity contribution < 1.29 is 10.0 Å². The summed E-state index contributed by atoms with van der Waals surface area (Å²) in [6.07, 6.45) is 5.35. The fourth-order valence-electron chi connectivity index (χ4n) is 2.63. The molecule has 6 nitrogen and oxygen atoms in total. The van der Waals surface area contributed by atoms with Crippen molar-refractivity contribution >= 4 is 11.5 Å². The van der Waals surface area contributed by atoms with E-state index in [4.69, 9.17) is 5.11 Å². The Bertz CT molecular complexity index is 462. The van der Waals surface area contributed by atoms with Gasteiger partial charge in [0.25, 0.3) is 5.69 Å². The lowest BCUT2D eigenvalue weighted by atomic mass is 9.99. The first-order valence-corrected chi connectivity index (χ1v) is 6.62. The summed E-state index contributed by atoms with van der Waals surface area (Å²) in [7, 11) is 0. The molecular weight excluding hydrogens is 246 g/mol. The standard InChI is InChI=1S/C13H19N3O3/c1-10-8-13(14-9-12(10)16(18)19)15-6-3-2-4-11(15)5-7-17/h8-9,11,17H,2-7H2,1H3. The first kappa shape index (κ1) is 13.7. The number of hydrogen-bond acceptors (Lipinski definition) is 5. The summed E-state index contributed by atoms with van der Waals surface area (Å²) in [5.41, 5.74) is 0.683. The minimum Gasteiger partial charge on any atom is -0.396 e. The smallest absolute Gasteiger partial charge is 0.290 e. The van der Waals surface area contributed by atoms with Crippen molar-refractivity contribution in [3.63, 3.8) is 0 Å². The van der Waals surface area contributed by atoms with Crippen molar-refractivity contribution in [1.29, 1.82) is 0 Å². The molecule has 1 aliphatic heterocycles. The minimum atomic E-state index is -0.409. The fourth-order valence-corrected chi connectivity index (χ4v) is 2.63. The van der Waals surface area contributed by atoms with Gasteiger partial charge < -0.3 is 10.0 Å². The number of nitrogens with zero attached hydrogens (tertiary/aromatic N) is 3. The molecule has 1 saturated heterocycles. The van der Waals surface area contributed by atoms with Crippen molar-refractivity contribution in [3.05, 3.63) is 27.9 Å². The van der Waals surface area contributed by atoms with E-state index in [1.807, 2.05) is 0 Å². The van der Waals surface area contributed by atoms with E-state index in [0.717, 1.165) is 38.0 Å². The van der Waals surface area contributed by atoms with E-state index >= 15 is 0 Å². The van der Waals surface area contributed by atoms with Gasteiger partial charge in [0.2, 0.25) is 0 Å². The molecule has 19 heavy (non-hydrogen) atoms. The van der Waals surface area contributed by atoms with E-state index in [0.29, 0.717) is 5.56 Å². The summed E-state index contributed by atoms with van der Waals surface area (Å²) in [5, 5.41) is 19.9. The second-order valence-corrected chi connectivity index (χ2v) is 4.94. The Morgan fingerprint density at radius 2 is 2.37 bits per heavy atom. The molecule has 0 spiro atoms. The second-order valence-electron chi connectivity index (χ2n) is 4.94. The monoisotopic (exact) mass is 265 g/mol. The van der Waals surface area contributed by atoms with Gasteiger partial charge in [0.05, 0.1) is 4.92 Å². The van der Waals surface area contributed by atoms with Crippen molar-refractivity contribution in [1.82, 2.24) is 4.98 Å². The van der Waals surface area contributed by atoms with Crippen molar-refractivity contribution in [2.75, 3.05) is 18.1 Å². The molecule has 1 N–H and O–H groups in total. The molecule has 0 aliphatic carbocycles. The number of nitro groups is 1. The normalized spacial score (nSPS) is 19.5. The number of aliphatic hydroxyl groups is 1. The number of rotatable bonds is 4. The highest BCUT2D eigenvalue weighted by molar-refractivity contribution is 5.49. The first-order valence-electron chi connectivity index (χ1n) is 6.62. The van der Waals surface area contributed by atoms with Crippen LogP contribution in [0.25, 0.3) is 0 Å². The van der Waals surface area contributed by atoms with Gasteiger partial charge in [-0.2, -0.15) is 0 Å². The van der Waals surface area contributed by atoms with Gasteiger partial charge in [-0.15, -0.1) is 0 Å². The number of piperidine rings is 1. The summed E-state index contributed by atoms with van der Waals surface area (Å²) >= 11 is 0. The van der Waals surface area contributed by atoms with E-state index in [1.54, 1.807) is 13.0 Å². The van der Waals surface area contributed by atoms with Gasteiger partial charge in [-0.25, -0.2) is 4.98 Å². The maximum Gasteiger partial charge on any atom is 0.290 e. The molecule has 1 fully saturated rings. The Hall–Kier alpha value is -1.69. The van der Waals surface area contributed by atoms with E-state index in [1.165, 1.54) is 6.20 Å². The molecule has 6 heteroatoms. The molecule has 0 aromatic carbocycles. The number of pyridine rings is 1. The molecule has 1 aromatic rings. The third kappa shape index (κ3) is 3.01. The van der Waals surface area contributed by atoms with E-state index in [-0.39, 0.29) is 18.3 Å². The van der Waals surface area contributed by atoms with Crippen LogP contribution in [-0.2, 0) is 0 Å². The van der Waals surface area contributed by atoms with Crippen molar-refractivity contribution in [3.8, 4) is 0 Å². The van der Waals surface area contributed by atoms with Crippen LogP contribution in [0.15, 0.2) is 12.3 Å². The predicted molar refractivity (Wildman–Crippen MR) is 72.3 cm³/mol. The van der Waals surface area contributed by atoms with Gasteiger partial charge in [-0.3, -0.25) is 10.1 Å². The third-order valence-electron chi connectivity index (χ3n) is 3.65. The lowest BCUT2D eigenvalue weighted by molar-refractivity contribution is -0.385. The van der Waals surface area contributed by atoms with Gasteiger partial charge in [-0.05, 0) is 38.7 Å². The zero-order valence-electron chi connectivity index (χ0n) is 11.1. The molecule has 104 valence electrons. The minimum absolute atomic E-state index is 0.0551. The van der Waals surface area contributed by atoms with Crippen molar-refractivity contribution in [2.24, 2.45) is 0 Å². The lowest BCUT2D eigenvalue weighted by Gasteiger charge is -2.36. The number of hydrogen-bond donors (Lipinski definition) is 1. The average molecular weight is 265 g/mol. The second kappa shape index (κ2) is 5.97. The molecule has 1 aromatic heterocycles. The predicted octanol–water partition coefficient (Wildman–Crippen LogP) is 2.04. The third-order valence-corrected chi connectivity index (χ3v) is 3.65. The van der Waals surface area contributed by atoms with E-state index in [9.17, 15) is 10.1 Å². The van der Waals surface area contributed by atoms with Gasteiger partial charge in [0.15, 0.2) is 0 Å². The number of aryl methyl sites for hydroxylation is 1. The molecule has 0 bridgehead atoms. The van der Waals surface area contributed by atoms with Gasteiger partial charge >= 0.3 is 0 Å². The van der Waals surface area contributed by atoms with Gasteiger partial charge in [0.1, 0.15) is 12.0 Å². The highest BCUT2D eigenvalue weighted by Crippen LogP contribution is 2.27. The van der Waals surface area contributed by atoms with Crippen LogP contribution in [0.5, 0.6) is 0 Å². The highest BCUT2D eigenvalue weighted by Gasteiger charge is 2.24. The number of anilines is 1. The molecular formula is C13H19N3O3. The summed E-state index contributed by atoms with van der Waals surface area (Å²) in [6, 6.07) is 2.06. The molecule has 1 aliphatic rings. The van der Waals surface area contributed by atoms with Crippen LogP contribution in [0.1, 0.15) is 31.2 Å². The number of aliphatic hydroxyl groups excluding tert-OH is 1. The maximum atomic E-state index is 10.8. The zero-order valence-corrected chi connectivity index (χ0v) is 11.1. The molecule has 0 amide bonds. The van der Waals surface area contributed by atoms with E-state index in [2.05, 4.69) is 9.88 Å². The highest BCUT2D eigenvalue weighted by atomic mass is 16.6. The van der Waals surface area contributed by atoms with Crippen LogP contribution in [0.4, 0.5) is 11.5 Å².